The fraction of sp³-hybridized carbons (Fsp3) is 0.438. The van der Waals surface area contributed by atoms with Crippen molar-refractivity contribution in [2.45, 2.75) is 12.8 Å². The van der Waals surface area contributed by atoms with E-state index in [0.717, 1.165) is 26.2 Å². The van der Waals surface area contributed by atoms with Gasteiger partial charge in [-0.2, -0.15) is 5.10 Å². The number of hydrazone groups is 1. The first-order valence-corrected chi connectivity index (χ1v) is 8.19. The Morgan fingerprint density at radius 2 is 1.83 bits per heavy atom. The zero-order valence-electron chi connectivity index (χ0n) is 13.1. The van der Waals surface area contributed by atoms with Gasteiger partial charge in [0.15, 0.2) is 0 Å². The summed E-state index contributed by atoms with van der Waals surface area (Å²) in [5.74, 6) is -0.157. The Labute approximate surface area is 140 Å². The Morgan fingerprint density at radius 1 is 1.17 bits per heavy atom. The van der Waals surface area contributed by atoms with Crippen molar-refractivity contribution in [2.75, 3.05) is 38.2 Å². The van der Waals surface area contributed by atoms with Crippen molar-refractivity contribution in [1.29, 1.82) is 0 Å². The molecule has 0 spiro atoms. The standard InChI is InChI=1S/C16H19ClN4O2/c1-19-8-10-20(11-9-19)16(23)14-6-7-15(22)21(18-14)13-4-2-12(17)3-5-13/h2-5H,6-11H2,1H3/p+1. The van der Waals surface area contributed by atoms with Crippen molar-refractivity contribution in [3.05, 3.63) is 29.3 Å². The van der Waals surface area contributed by atoms with Gasteiger partial charge in [-0.15, -0.1) is 0 Å². The zero-order valence-corrected chi connectivity index (χ0v) is 13.8. The Hall–Kier alpha value is -1.92. The summed E-state index contributed by atoms with van der Waals surface area (Å²) < 4.78 is 0. The van der Waals surface area contributed by atoms with Crippen LogP contribution >= 0.6 is 11.6 Å². The number of carbonyl (C=O) groups is 2. The van der Waals surface area contributed by atoms with Gasteiger partial charge in [0.2, 0.25) is 5.91 Å². The topological polar surface area (TPSA) is 57.4 Å². The van der Waals surface area contributed by atoms with E-state index < -0.39 is 0 Å². The van der Waals surface area contributed by atoms with Crippen LogP contribution in [-0.4, -0.2) is 55.7 Å². The van der Waals surface area contributed by atoms with Gasteiger partial charge in [0.1, 0.15) is 5.71 Å². The maximum absolute atomic E-state index is 12.6. The third-order valence-electron chi connectivity index (χ3n) is 4.25. The van der Waals surface area contributed by atoms with Crippen molar-refractivity contribution < 1.29 is 14.5 Å². The Balaban J connectivity index is 1.79. The van der Waals surface area contributed by atoms with Gasteiger partial charge >= 0.3 is 0 Å². The summed E-state index contributed by atoms with van der Waals surface area (Å²) in [4.78, 5) is 28.0. The number of rotatable bonds is 2. The number of amides is 2. The fourth-order valence-electron chi connectivity index (χ4n) is 2.77. The number of halogens is 1. The molecule has 1 aromatic rings. The molecular formula is C16H20ClN4O2+. The van der Waals surface area contributed by atoms with Gasteiger partial charge in [-0.05, 0) is 24.3 Å². The van der Waals surface area contributed by atoms with Gasteiger partial charge in [-0.1, -0.05) is 11.6 Å². The highest BCUT2D eigenvalue weighted by Gasteiger charge is 2.30. The van der Waals surface area contributed by atoms with Crippen LogP contribution in [0.4, 0.5) is 5.69 Å². The Kier molecular flexibility index (Phi) is 4.63. The van der Waals surface area contributed by atoms with Crippen LogP contribution in [0, 0.1) is 0 Å². The highest BCUT2D eigenvalue weighted by molar-refractivity contribution is 6.40. The molecule has 0 aliphatic carbocycles. The second-order valence-electron chi connectivity index (χ2n) is 5.98. The molecule has 1 N–H and O–H groups in total. The Morgan fingerprint density at radius 3 is 2.48 bits per heavy atom. The first-order valence-electron chi connectivity index (χ1n) is 7.81. The summed E-state index contributed by atoms with van der Waals surface area (Å²) >= 11 is 5.88. The predicted octanol–water partition coefficient (Wildman–Crippen LogP) is 0.180. The molecule has 1 aromatic carbocycles. The summed E-state index contributed by atoms with van der Waals surface area (Å²) in [5, 5.41) is 6.23. The average Bonchev–Trinajstić information content (AvgIpc) is 2.56. The summed E-state index contributed by atoms with van der Waals surface area (Å²) in [6.07, 6.45) is 0.702. The number of hydrogen-bond donors (Lipinski definition) is 1. The van der Waals surface area contributed by atoms with Gasteiger partial charge in [0.25, 0.3) is 5.91 Å². The number of nitrogens with zero attached hydrogens (tertiary/aromatic N) is 3. The van der Waals surface area contributed by atoms with Crippen LogP contribution in [0.5, 0.6) is 0 Å². The number of carbonyl (C=O) groups excluding carboxylic acids is 2. The van der Waals surface area contributed by atoms with Crippen LogP contribution in [0.2, 0.25) is 5.02 Å². The van der Waals surface area contributed by atoms with E-state index in [1.165, 1.54) is 9.91 Å². The van der Waals surface area contributed by atoms with Crippen molar-refractivity contribution in [3.63, 3.8) is 0 Å². The number of likely N-dealkylation sites (N-methyl/N-ethyl adjacent to an activating group) is 1. The molecular weight excluding hydrogens is 316 g/mol. The molecule has 0 saturated carbocycles. The molecule has 0 radical (unpaired) electrons. The fourth-order valence-corrected chi connectivity index (χ4v) is 2.89. The highest BCUT2D eigenvalue weighted by atomic mass is 35.5. The van der Waals surface area contributed by atoms with Gasteiger partial charge in [-0.3, -0.25) is 9.59 Å². The van der Waals surface area contributed by atoms with E-state index in [2.05, 4.69) is 12.1 Å². The second-order valence-corrected chi connectivity index (χ2v) is 6.41. The number of hydrogen-bond acceptors (Lipinski definition) is 3. The van der Waals surface area contributed by atoms with Crippen molar-refractivity contribution in [2.24, 2.45) is 5.10 Å². The molecule has 2 aliphatic heterocycles. The number of piperazine rings is 1. The van der Waals surface area contributed by atoms with Crippen molar-refractivity contribution >= 4 is 34.8 Å². The molecule has 1 saturated heterocycles. The lowest BCUT2D eigenvalue weighted by atomic mass is 10.1. The van der Waals surface area contributed by atoms with Crippen molar-refractivity contribution in [3.8, 4) is 0 Å². The summed E-state index contributed by atoms with van der Waals surface area (Å²) in [6.45, 7) is 3.36. The molecule has 0 bridgehead atoms. The number of benzene rings is 1. The van der Waals surface area contributed by atoms with Crippen LogP contribution in [0.25, 0.3) is 0 Å². The van der Waals surface area contributed by atoms with E-state index in [1.807, 2.05) is 4.90 Å². The molecule has 2 aliphatic rings. The van der Waals surface area contributed by atoms with E-state index >= 15 is 0 Å². The molecule has 0 aromatic heterocycles. The van der Waals surface area contributed by atoms with Gasteiger partial charge < -0.3 is 9.80 Å². The summed E-state index contributed by atoms with van der Waals surface area (Å²) in [5.41, 5.74) is 1.09. The van der Waals surface area contributed by atoms with Crippen molar-refractivity contribution in [1.82, 2.24) is 4.90 Å². The molecule has 0 atom stereocenters. The van der Waals surface area contributed by atoms with E-state index in [0.29, 0.717) is 29.3 Å². The van der Waals surface area contributed by atoms with Crippen LogP contribution < -0.4 is 9.91 Å². The quantitative estimate of drug-likeness (QED) is 0.838. The Bertz CT molecular complexity index is 636. The lowest BCUT2D eigenvalue weighted by Crippen LogP contribution is -3.12. The summed E-state index contributed by atoms with van der Waals surface area (Å²) in [7, 11) is 2.13. The number of anilines is 1. The zero-order chi connectivity index (χ0) is 16.4. The second kappa shape index (κ2) is 6.68. The molecule has 2 heterocycles. The minimum atomic E-state index is -0.105. The first-order chi connectivity index (χ1) is 11.0. The van der Waals surface area contributed by atoms with Gasteiger partial charge in [-0.25, -0.2) is 5.01 Å². The molecule has 3 rings (SSSR count). The largest absolute Gasteiger partial charge is 0.334 e. The first kappa shape index (κ1) is 16.0. The van der Waals surface area contributed by atoms with Crippen LogP contribution in [0.15, 0.2) is 29.4 Å². The van der Waals surface area contributed by atoms with E-state index in [-0.39, 0.29) is 11.8 Å². The van der Waals surface area contributed by atoms with E-state index in [1.54, 1.807) is 24.3 Å². The average molecular weight is 336 g/mol. The maximum Gasteiger partial charge on any atom is 0.270 e. The SMILES string of the molecule is C[NH+]1CCN(C(=O)C2=NN(c3ccc(Cl)cc3)C(=O)CC2)CC1. The molecule has 122 valence electrons. The summed E-state index contributed by atoms with van der Waals surface area (Å²) in [6, 6.07) is 6.88. The number of nitrogens with one attached hydrogen (secondary N) is 1. The minimum Gasteiger partial charge on any atom is -0.334 e. The third kappa shape index (κ3) is 3.54. The predicted molar refractivity (Wildman–Crippen MR) is 88.8 cm³/mol. The van der Waals surface area contributed by atoms with E-state index in [4.69, 9.17) is 11.6 Å². The van der Waals surface area contributed by atoms with E-state index in [9.17, 15) is 9.59 Å². The van der Waals surface area contributed by atoms with Crippen LogP contribution in [0.3, 0.4) is 0 Å². The normalized spacial score (nSPS) is 19.7. The molecule has 2 amide bonds. The smallest absolute Gasteiger partial charge is 0.270 e. The van der Waals surface area contributed by atoms with Crippen LogP contribution in [0.1, 0.15) is 12.8 Å². The van der Waals surface area contributed by atoms with Crippen LogP contribution in [-0.2, 0) is 9.59 Å². The monoisotopic (exact) mass is 335 g/mol. The molecule has 6 nitrogen and oxygen atoms in total. The number of quaternary nitrogens is 1. The molecule has 23 heavy (non-hydrogen) atoms. The molecule has 1 fully saturated rings. The highest BCUT2D eigenvalue weighted by Crippen LogP contribution is 2.22. The third-order valence-corrected chi connectivity index (χ3v) is 4.51. The lowest BCUT2D eigenvalue weighted by Gasteiger charge is -2.31. The molecule has 0 unspecified atom stereocenters. The van der Waals surface area contributed by atoms with Gasteiger partial charge in [0, 0.05) is 17.9 Å². The van der Waals surface area contributed by atoms with Gasteiger partial charge in [0.05, 0.1) is 38.9 Å². The molecule has 7 heteroatoms. The maximum atomic E-state index is 12.6. The minimum absolute atomic E-state index is 0.0519. The lowest BCUT2D eigenvalue weighted by molar-refractivity contribution is -0.883.